The second kappa shape index (κ2) is 11.0. The maximum Gasteiger partial charge on any atom is 0.410 e. The molecule has 1 aliphatic heterocycles. The van der Waals surface area contributed by atoms with Crippen molar-refractivity contribution < 1.29 is 27.1 Å². The van der Waals surface area contributed by atoms with E-state index < -0.39 is 27.5 Å². The maximum atomic E-state index is 14.4. The standard InChI is InChI=1S/C30H31FN4O5S/c1-5-39-26-12-11-21(31)17-23(26)27-24-18-25(20-13-15-34(16-14-20)29(36)40-30(2,3)4)35(28(24)33-19-32-27)41(37,38)22-9-7-6-8-10-22/h6-13,17-19H,5,14-16H2,1-4H3. The Morgan fingerprint density at radius 3 is 2.49 bits per heavy atom. The van der Waals surface area contributed by atoms with Gasteiger partial charge in [-0.25, -0.2) is 31.5 Å². The van der Waals surface area contributed by atoms with Crippen molar-refractivity contribution in [1.29, 1.82) is 0 Å². The van der Waals surface area contributed by atoms with Crippen LogP contribution in [0, 0.1) is 5.82 Å². The Hall–Kier alpha value is -4.25. The number of benzene rings is 2. The van der Waals surface area contributed by atoms with Gasteiger partial charge in [0.15, 0.2) is 5.65 Å². The number of rotatable bonds is 6. The second-order valence-electron chi connectivity index (χ2n) is 10.6. The summed E-state index contributed by atoms with van der Waals surface area (Å²) in [7, 11) is -4.11. The third kappa shape index (κ3) is 5.67. The molecule has 0 saturated carbocycles. The van der Waals surface area contributed by atoms with Crippen molar-refractivity contribution in [3.05, 3.63) is 78.5 Å². The van der Waals surface area contributed by atoms with Crippen LogP contribution in [0.2, 0.25) is 0 Å². The minimum absolute atomic E-state index is 0.0893. The maximum absolute atomic E-state index is 14.4. The predicted molar refractivity (Wildman–Crippen MR) is 154 cm³/mol. The first-order valence-corrected chi connectivity index (χ1v) is 14.7. The summed E-state index contributed by atoms with van der Waals surface area (Å²) in [6, 6.07) is 13.9. The van der Waals surface area contributed by atoms with E-state index in [0.29, 0.717) is 47.7 Å². The Morgan fingerprint density at radius 2 is 1.83 bits per heavy atom. The number of halogens is 1. The highest BCUT2D eigenvalue weighted by Crippen LogP contribution is 2.38. The van der Waals surface area contributed by atoms with Gasteiger partial charge < -0.3 is 14.4 Å². The molecule has 0 aliphatic carbocycles. The monoisotopic (exact) mass is 578 g/mol. The number of nitrogens with zero attached hydrogens (tertiary/aromatic N) is 4. The fourth-order valence-corrected chi connectivity index (χ4v) is 6.25. The minimum atomic E-state index is -4.11. The molecule has 11 heteroatoms. The van der Waals surface area contributed by atoms with E-state index in [1.54, 1.807) is 49.9 Å². The molecule has 214 valence electrons. The van der Waals surface area contributed by atoms with Gasteiger partial charge in [-0.15, -0.1) is 0 Å². The third-order valence-corrected chi connectivity index (χ3v) is 8.24. The third-order valence-electron chi connectivity index (χ3n) is 6.52. The van der Waals surface area contributed by atoms with Crippen molar-refractivity contribution in [3.63, 3.8) is 0 Å². The van der Waals surface area contributed by atoms with Crippen LogP contribution in [0.1, 0.15) is 39.8 Å². The van der Waals surface area contributed by atoms with Gasteiger partial charge in [-0.3, -0.25) is 0 Å². The molecule has 0 N–H and O–H groups in total. The van der Waals surface area contributed by atoms with E-state index in [1.165, 1.54) is 40.6 Å². The Bertz CT molecular complexity index is 1740. The number of hydrogen-bond acceptors (Lipinski definition) is 7. The number of fused-ring (bicyclic) bond motifs is 1. The summed E-state index contributed by atoms with van der Waals surface area (Å²) in [5, 5.41) is 0.420. The van der Waals surface area contributed by atoms with Crippen LogP contribution in [0.15, 0.2) is 71.9 Å². The molecule has 3 heterocycles. The molecule has 0 unspecified atom stereocenters. The quantitative estimate of drug-likeness (QED) is 0.281. The summed E-state index contributed by atoms with van der Waals surface area (Å²) in [6.07, 6.45) is 3.03. The van der Waals surface area contributed by atoms with Gasteiger partial charge in [0.1, 0.15) is 23.5 Å². The van der Waals surface area contributed by atoms with Gasteiger partial charge in [0, 0.05) is 24.0 Å². The topological polar surface area (TPSA) is 104 Å². The molecule has 41 heavy (non-hydrogen) atoms. The normalized spacial score (nSPS) is 14.2. The Morgan fingerprint density at radius 1 is 1.07 bits per heavy atom. The SMILES string of the molecule is CCOc1ccc(F)cc1-c1ncnc2c1cc(C1=CCN(C(=O)OC(C)(C)C)CC1)n2S(=O)(=O)c1ccccc1. The molecule has 0 fully saturated rings. The molecule has 9 nitrogen and oxygen atoms in total. The highest BCUT2D eigenvalue weighted by atomic mass is 32.2. The van der Waals surface area contributed by atoms with Crippen molar-refractivity contribution in [3.8, 4) is 17.0 Å². The molecule has 0 bridgehead atoms. The van der Waals surface area contributed by atoms with Crippen molar-refractivity contribution in [2.75, 3.05) is 19.7 Å². The Kier molecular flexibility index (Phi) is 7.56. The Balaban J connectivity index is 1.69. The lowest BCUT2D eigenvalue weighted by Gasteiger charge is -2.29. The number of aromatic nitrogens is 3. The molecule has 1 amide bonds. The lowest BCUT2D eigenvalue weighted by atomic mass is 10.0. The van der Waals surface area contributed by atoms with Crippen molar-refractivity contribution in [2.45, 2.75) is 44.6 Å². The van der Waals surface area contributed by atoms with E-state index in [-0.39, 0.29) is 17.1 Å². The van der Waals surface area contributed by atoms with Crippen LogP contribution >= 0.6 is 0 Å². The number of carbonyl (C=O) groups is 1. The van der Waals surface area contributed by atoms with Crippen molar-refractivity contribution in [2.24, 2.45) is 0 Å². The average Bonchev–Trinajstić information content (AvgIpc) is 3.35. The summed E-state index contributed by atoms with van der Waals surface area (Å²) in [5.41, 5.74) is 1.35. The lowest BCUT2D eigenvalue weighted by Crippen LogP contribution is -2.39. The van der Waals surface area contributed by atoms with Crippen LogP contribution < -0.4 is 4.74 Å². The molecular weight excluding hydrogens is 547 g/mol. The van der Waals surface area contributed by atoms with Crippen LogP contribution in [-0.4, -0.2) is 58.6 Å². The van der Waals surface area contributed by atoms with E-state index in [4.69, 9.17) is 9.47 Å². The fraction of sp³-hybridized carbons (Fsp3) is 0.300. The first kappa shape index (κ1) is 28.3. The van der Waals surface area contributed by atoms with Gasteiger partial charge in [0.05, 0.1) is 22.9 Å². The zero-order valence-electron chi connectivity index (χ0n) is 23.3. The van der Waals surface area contributed by atoms with Crippen molar-refractivity contribution >= 4 is 32.7 Å². The molecule has 1 aliphatic rings. The van der Waals surface area contributed by atoms with Gasteiger partial charge in [-0.05, 0) is 76.1 Å². The summed E-state index contributed by atoms with van der Waals surface area (Å²) in [5.74, 6) is -0.0667. The molecular formula is C30H31FN4O5S. The summed E-state index contributed by atoms with van der Waals surface area (Å²) in [6.45, 7) is 8.16. The van der Waals surface area contributed by atoms with Crippen LogP contribution in [-0.2, 0) is 14.8 Å². The van der Waals surface area contributed by atoms with Crippen LogP contribution in [0.3, 0.4) is 0 Å². The number of amides is 1. The molecule has 0 spiro atoms. The number of hydrogen-bond donors (Lipinski definition) is 0. The van der Waals surface area contributed by atoms with Crippen LogP contribution in [0.25, 0.3) is 27.9 Å². The van der Waals surface area contributed by atoms with Gasteiger partial charge in [-0.2, -0.15) is 0 Å². The first-order valence-electron chi connectivity index (χ1n) is 13.3. The molecule has 0 radical (unpaired) electrons. The highest BCUT2D eigenvalue weighted by molar-refractivity contribution is 7.90. The van der Waals surface area contributed by atoms with E-state index in [1.807, 2.05) is 13.0 Å². The summed E-state index contributed by atoms with van der Waals surface area (Å²) < 4.78 is 55.0. The zero-order valence-corrected chi connectivity index (χ0v) is 24.1. The average molecular weight is 579 g/mol. The summed E-state index contributed by atoms with van der Waals surface area (Å²) in [4.78, 5) is 23.1. The molecule has 5 rings (SSSR count). The van der Waals surface area contributed by atoms with E-state index in [9.17, 15) is 17.6 Å². The highest BCUT2D eigenvalue weighted by Gasteiger charge is 2.30. The molecule has 2 aromatic carbocycles. The smallest absolute Gasteiger partial charge is 0.410 e. The van der Waals surface area contributed by atoms with E-state index >= 15 is 0 Å². The van der Waals surface area contributed by atoms with Gasteiger partial charge in [0.2, 0.25) is 0 Å². The molecule has 2 aromatic heterocycles. The second-order valence-corrected chi connectivity index (χ2v) is 12.3. The number of carbonyl (C=O) groups excluding carboxylic acids is 1. The summed E-state index contributed by atoms with van der Waals surface area (Å²) >= 11 is 0. The van der Waals surface area contributed by atoms with E-state index in [0.717, 1.165) is 5.57 Å². The largest absolute Gasteiger partial charge is 0.493 e. The Labute approximate surface area is 238 Å². The van der Waals surface area contributed by atoms with Crippen LogP contribution in [0.4, 0.5) is 9.18 Å². The minimum Gasteiger partial charge on any atom is -0.493 e. The zero-order chi connectivity index (χ0) is 29.4. The van der Waals surface area contributed by atoms with Crippen molar-refractivity contribution in [1.82, 2.24) is 18.8 Å². The van der Waals surface area contributed by atoms with Gasteiger partial charge in [0.25, 0.3) is 10.0 Å². The molecule has 0 atom stereocenters. The molecule has 4 aromatic rings. The molecule has 0 saturated heterocycles. The fourth-order valence-electron chi connectivity index (χ4n) is 4.73. The predicted octanol–water partition coefficient (Wildman–Crippen LogP) is 5.90. The number of ether oxygens (including phenoxy) is 2. The van der Waals surface area contributed by atoms with E-state index in [2.05, 4.69) is 9.97 Å². The van der Waals surface area contributed by atoms with Gasteiger partial charge >= 0.3 is 6.09 Å². The lowest BCUT2D eigenvalue weighted by molar-refractivity contribution is 0.0270. The van der Waals surface area contributed by atoms with Crippen LogP contribution in [0.5, 0.6) is 5.75 Å². The van der Waals surface area contributed by atoms with Gasteiger partial charge in [-0.1, -0.05) is 24.3 Å². The first-order chi connectivity index (χ1) is 19.5.